The van der Waals surface area contributed by atoms with Crippen molar-refractivity contribution in [3.63, 3.8) is 0 Å². The van der Waals surface area contributed by atoms with Gasteiger partial charge in [-0.2, -0.15) is 0 Å². The van der Waals surface area contributed by atoms with Gasteiger partial charge in [-0.25, -0.2) is 0 Å². The van der Waals surface area contributed by atoms with Crippen molar-refractivity contribution in [2.24, 2.45) is 28.6 Å². The maximum absolute atomic E-state index is 11.9. The van der Waals surface area contributed by atoms with E-state index in [-0.39, 0.29) is 22.9 Å². The molecule has 6 atom stereocenters. The molecule has 0 saturated heterocycles. The highest BCUT2D eigenvalue weighted by Gasteiger charge is 2.59. The maximum atomic E-state index is 11.9. The van der Waals surface area contributed by atoms with Crippen molar-refractivity contribution < 1.29 is 14.3 Å². The molecule has 0 aromatic rings. The number of esters is 1. The quantitative estimate of drug-likeness (QED) is 0.667. The monoisotopic (exact) mass is 330 g/mol. The van der Waals surface area contributed by atoms with Gasteiger partial charge in [-0.3, -0.25) is 9.59 Å². The summed E-state index contributed by atoms with van der Waals surface area (Å²) in [5.74, 6) is 2.32. The molecule has 132 valence electrons. The van der Waals surface area contributed by atoms with E-state index in [9.17, 15) is 9.59 Å². The average molecular weight is 330 g/mol. The number of carbonyl (C=O) groups excluding carboxylic acids is 2. The predicted octanol–water partition coefficient (Wildman–Crippen LogP) is 4.45. The smallest absolute Gasteiger partial charge is 0.302 e. The van der Waals surface area contributed by atoms with Crippen LogP contribution in [0.2, 0.25) is 0 Å². The predicted molar refractivity (Wildman–Crippen MR) is 92.3 cm³/mol. The van der Waals surface area contributed by atoms with Crippen LogP contribution >= 0.6 is 0 Å². The molecule has 0 amide bonds. The van der Waals surface area contributed by atoms with Gasteiger partial charge in [0.05, 0.1) is 0 Å². The molecule has 0 unspecified atom stereocenters. The van der Waals surface area contributed by atoms with E-state index in [1.807, 2.05) is 6.08 Å². The molecule has 3 saturated carbocycles. The fraction of sp³-hybridized carbons (Fsp3) is 0.810. The van der Waals surface area contributed by atoms with E-state index in [1.165, 1.54) is 24.8 Å². The zero-order chi connectivity index (χ0) is 17.1. The van der Waals surface area contributed by atoms with Gasteiger partial charge in [0.15, 0.2) is 5.78 Å². The molecule has 4 aliphatic carbocycles. The molecule has 3 heteroatoms. The molecule has 0 heterocycles. The highest BCUT2D eigenvalue weighted by Crippen LogP contribution is 2.65. The van der Waals surface area contributed by atoms with E-state index in [0.29, 0.717) is 17.6 Å². The fourth-order valence-corrected chi connectivity index (χ4v) is 6.91. The Hall–Kier alpha value is -1.12. The number of hydrogen-bond donors (Lipinski definition) is 0. The first kappa shape index (κ1) is 16.4. The Morgan fingerprint density at radius 1 is 1.08 bits per heavy atom. The van der Waals surface area contributed by atoms with Crippen LogP contribution in [0.4, 0.5) is 0 Å². The molecule has 0 aliphatic heterocycles. The largest absolute Gasteiger partial charge is 0.462 e. The van der Waals surface area contributed by atoms with Gasteiger partial charge in [-0.1, -0.05) is 19.4 Å². The lowest BCUT2D eigenvalue weighted by molar-refractivity contribution is -0.157. The lowest BCUT2D eigenvalue weighted by atomic mass is 9.47. The van der Waals surface area contributed by atoms with Gasteiger partial charge in [0.25, 0.3) is 0 Å². The second-order valence-electron chi connectivity index (χ2n) is 9.19. The second kappa shape index (κ2) is 5.44. The van der Waals surface area contributed by atoms with Gasteiger partial charge in [0.1, 0.15) is 6.10 Å². The van der Waals surface area contributed by atoms with Gasteiger partial charge in [-0.15, -0.1) is 0 Å². The summed E-state index contributed by atoms with van der Waals surface area (Å²) in [5.41, 5.74) is 1.82. The van der Waals surface area contributed by atoms with Gasteiger partial charge in [0, 0.05) is 18.8 Å². The van der Waals surface area contributed by atoms with Gasteiger partial charge >= 0.3 is 5.97 Å². The molecule has 0 radical (unpaired) electrons. The first-order valence-electron chi connectivity index (χ1n) is 9.76. The van der Waals surface area contributed by atoms with Gasteiger partial charge in [-0.05, 0) is 74.2 Å². The minimum absolute atomic E-state index is 0.110. The summed E-state index contributed by atoms with van der Waals surface area (Å²) in [6.07, 6.45) is 10.8. The molecular weight excluding hydrogens is 300 g/mol. The van der Waals surface area contributed by atoms with E-state index < -0.39 is 0 Å². The number of rotatable bonds is 1. The van der Waals surface area contributed by atoms with Crippen LogP contribution in [-0.2, 0) is 14.3 Å². The third kappa shape index (κ3) is 2.23. The highest BCUT2D eigenvalue weighted by atomic mass is 16.5. The Labute approximate surface area is 145 Å². The number of carbonyl (C=O) groups is 2. The van der Waals surface area contributed by atoms with E-state index in [2.05, 4.69) is 13.8 Å². The number of fused-ring (bicyclic) bond motifs is 5. The van der Waals surface area contributed by atoms with Crippen molar-refractivity contribution in [2.75, 3.05) is 0 Å². The number of hydrogen-bond acceptors (Lipinski definition) is 3. The lowest BCUT2D eigenvalue weighted by Crippen LogP contribution is -2.51. The van der Waals surface area contributed by atoms with Gasteiger partial charge < -0.3 is 4.74 Å². The van der Waals surface area contributed by atoms with Crippen LogP contribution in [0, 0.1) is 28.6 Å². The van der Waals surface area contributed by atoms with Crippen molar-refractivity contribution in [3.05, 3.63) is 11.6 Å². The first-order valence-corrected chi connectivity index (χ1v) is 9.76. The van der Waals surface area contributed by atoms with Crippen LogP contribution in [0.3, 0.4) is 0 Å². The number of allylic oxidation sites excluding steroid dienone is 1. The topological polar surface area (TPSA) is 43.4 Å². The van der Waals surface area contributed by atoms with E-state index in [1.54, 1.807) is 6.92 Å². The van der Waals surface area contributed by atoms with E-state index >= 15 is 0 Å². The molecule has 3 nitrogen and oxygen atoms in total. The van der Waals surface area contributed by atoms with Crippen molar-refractivity contribution in [1.82, 2.24) is 0 Å². The molecule has 3 fully saturated rings. The zero-order valence-electron chi connectivity index (χ0n) is 15.3. The summed E-state index contributed by atoms with van der Waals surface area (Å²) < 4.78 is 5.71. The Balaban J connectivity index is 1.62. The first-order chi connectivity index (χ1) is 11.3. The van der Waals surface area contributed by atoms with E-state index in [0.717, 1.165) is 38.0 Å². The zero-order valence-corrected chi connectivity index (χ0v) is 15.3. The molecule has 0 aromatic carbocycles. The Morgan fingerprint density at radius 3 is 2.62 bits per heavy atom. The Morgan fingerprint density at radius 2 is 1.88 bits per heavy atom. The normalized spacial score (nSPS) is 47.3. The number of ether oxygens (including phenoxy) is 1. The third-order valence-corrected chi connectivity index (χ3v) is 8.18. The summed E-state index contributed by atoms with van der Waals surface area (Å²) in [4.78, 5) is 23.4. The van der Waals surface area contributed by atoms with Crippen LogP contribution in [-0.4, -0.2) is 17.9 Å². The maximum Gasteiger partial charge on any atom is 0.302 e. The van der Waals surface area contributed by atoms with Crippen LogP contribution in [0.25, 0.3) is 0 Å². The van der Waals surface area contributed by atoms with Crippen molar-refractivity contribution in [3.8, 4) is 0 Å². The Bertz CT molecular complexity index is 606. The van der Waals surface area contributed by atoms with Crippen molar-refractivity contribution in [2.45, 2.75) is 78.2 Å². The molecule has 0 bridgehead atoms. The standard InChI is InChI=1S/C21H30O3/c1-13(22)24-19-7-6-17-16-5-4-14-12-15(23)8-10-20(14,2)18(16)9-11-21(17,19)3/h12,16-19H,4-11H2,1-3H3/t16-,17+,18-,19+,20+,21+/m1/s1. The molecule has 0 aromatic heterocycles. The summed E-state index contributed by atoms with van der Waals surface area (Å²) >= 11 is 0. The van der Waals surface area contributed by atoms with Crippen molar-refractivity contribution >= 4 is 11.8 Å². The average Bonchev–Trinajstić information content (AvgIpc) is 2.84. The van der Waals surface area contributed by atoms with Gasteiger partial charge in [0.2, 0.25) is 0 Å². The molecule has 4 rings (SSSR count). The van der Waals surface area contributed by atoms with Crippen LogP contribution < -0.4 is 0 Å². The highest BCUT2D eigenvalue weighted by molar-refractivity contribution is 5.91. The summed E-state index contributed by atoms with van der Waals surface area (Å²) in [6, 6.07) is 0. The third-order valence-electron chi connectivity index (χ3n) is 8.18. The summed E-state index contributed by atoms with van der Waals surface area (Å²) in [6.45, 7) is 6.33. The molecule has 4 aliphatic rings. The van der Waals surface area contributed by atoms with Crippen LogP contribution in [0.5, 0.6) is 0 Å². The Kier molecular flexibility index (Phi) is 3.71. The second-order valence-corrected chi connectivity index (χ2v) is 9.19. The molecule has 24 heavy (non-hydrogen) atoms. The molecular formula is C21H30O3. The molecule has 0 spiro atoms. The minimum Gasteiger partial charge on any atom is -0.462 e. The number of ketones is 1. The summed E-state index contributed by atoms with van der Waals surface area (Å²) in [5, 5.41) is 0. The minimum atomic E-state index is -0.129. The fourth-order valence-electron chi connectivity index (χ4n) is 6.91. The molecule has 0 N–H and O–H groups in total. The van der Waals surface area contributed by atoms with Crippen LogP contribution in [0.15, 0.2) is 11.6 Å². The van der Waals surface area contributed by atoms with Crippen LogP contribution in [0.1, 0.15) is 72.1 Å². The van der Waals surface area contributed by atoms with E-state index in [4.69, 9.17) is 4.74 Å². The lowest BCUT2D eigenvalue weighted by Gasteiger charge is -2.57. The SMILES string of the molecule is CC(=O)O[C@H]1CC[C@H]2[C@H]3CCC4=CC(=O)CC[C@]4(C)[C@@H]3CC[C@]12C. The summed E-state index contributed by atoms with van der Waals surface area (Å²) in [7, 11) is 0. The van der Waals surface area contributed by atoms with Crippen molar-refractivity contribution in [1.29, 1.82) is 0 Å².